The molecule has 5 rings (SSSR count). The Kier molecular flexibility index (Phi) is 11.1. The van der Waals surface area contributed by atoms with Crippen molar-refractivity contribution >= 4 is 49.2 Å². The summed E-state index contributed by atoms with van der Waals surface area (Å²) in [7, 11) is 11.9. The fourth-order valence-electron chi connectivity index (χ4n) is 4.46. The second-order valence-corrected chi connectivity index (χ2v) is 33.5. The molecule has 0 spiro atoms. The Hall–Kier alpha value is -1.44. The van der Waals surface area contributed by atoms with Gasteiger partial charge in [-0.15, -0.1) is 81.2 Å². The van der Waals surface area contributed by atoms with Crippen LogP contribution in [0.3, 0.4) is 0 Å². The third-order valence-corrected chi connectivity index (χ3v) is 25.1. The zero-order valence-electron chi connectivity index (χ0n) is 24.9. The number of halogens is 2. The van der Waals surface area contributed by atoms with E-state index in [9.17, 15) is 0 Å². The molecule has 0 atom stereocenters. The fourth-order valence-corrected chi connectivity index (χ4v) is 12.1. The molecule has 39 heavy (non-hydrogen) atoms. The van der Waals surface area contributed by atoms with Crippen LogP contribution in [0.25, 0.3) is 21.5 Å². The third-order valence-electron chi connectivity index (χ3n) is 6.93. The summed E-state index contributed by atoms with van der Waals surface area (Å²) in [6.45, 7) is 20.0. The molecule has 4 heteroatoms. The molecule has 0 fully saturated rings. The molecule has 0 aliphatic rings. The monoisotopic (exact) mass is 650 g/mol. The largest absolute Gasteiger partial charge is 0.165 e. The second-order valence-electron chi connectivity index (χ2n) is 12.5. The maximum absolute atomic E-state index is 5.97. The summed E-state index contributed by atoms with van der Waals surface area (Å²) in [5.74, 6) is 0. The van der Waals surface area contributed by atoms with Crippen molar-refractivity contribution in [1.82, 2.24) is 0 Å². The van der Waals surface area contributed by atoms with Crippen LogP contribution in [-0.2, 0) is 28.8 Å². The smallest absolute Gasteiger partial charge is 0.0148 e. The molecule has 0 bridgehead atoms. The van der Waals surface area contributed by atoms with Gasteiger partial charge < -0.3 is 0 Å². The van der Waals surface area contributed by atoms with E-state index in [1.54, 1.807) is 0 Å². The van der Waals surface area contributed by atoms with Gasteiger partial charge in [-0.1, -0.05) is 66.5 Å². The number of hydrogen-bond acceptors (Lipinski definition) is 0. The van der Waals surface area contributed by atoms with Crippen molar-refractivity contribution in [2.24, 2.45) is 0 Å². The van der Waals surface area contributed by atoms with Crippen molar-refractivity contribution in [2.75, 3.05) is 0 Å². The van der Waals surface area contributed by atoms with E-state index in [1.807, 2.05) is 18.2 Å². The van der Waals surface area contributed by atoms with E-state index >= 15 is 0 Å². The summed E-state index contributed by atoms with van der Waals surface area (Å²) >= 11 is -1.95. The minimum atomic E-state index is -1.95. The van der Waals surface area contributed by atoms with E-state index in [0.29, 0.717) is 0 Å². The molecular formula is C35H42Cl2SiZr-2. The molecule has 0 aliphatic heterocycles. The van der Waals surface area contributed by atoms with Gasteiger partial charge in [-0.3, -0.25) is 0 Å². The Morgan fingerprint density at radius 2 is 1.03 bits per heavy atom. The van der Waals surface area contributed by atoms with Crippen LogP contribution in [0, 0.1) is 13.8 Å². The van der Waals surface area contributed by atoms with Gasteiger partial charge in [-0.05, 0) is 10.8 Å². The van der Waals surface area contributed by atoms with Gasteiger partial charge in [-0.25, -0.2) is 0 Å². The van der Waals surface area contributed by atoms with Gasteiger partial charge >= 0.3 is 82.5 Å². The van der Waals surface area contributed by atoms with Crippen LogP contribution in [0.2, 0.25) is 6.55 Å². The molecule has 0 aromatic heterocycles. The first kappa shape index (κ1) is 32.1. The molecule has 5 aromatic carbocycles. The van der Waals surface area contributed by atoms with E-state index in [4.69, 9.17) is 17.0 Å². The van der Waals surface area contributed by atoms with E-state index < -0.39 is 23.4 Å². The fraction of sp³-hybridized carbons (Fsp3) is 0.314. The van der Waals surface area contributed by atoms with Crippen molar-refractivity contribution < 1.29 is 18.0 Å². The third kappa shape index (κ3) is 9.29. The first-order valence-corrected chi connectivity index (χ1v) is 25.6. The molecule has 206 valence electrons. The second kappa shape index (κ2) is 13.5. The molecule has 0 amide bonds. The van der Waals surface area contributed by atoms with Crippen LogP contribution in [-0.4, -0.2) is 5.43 Å². The van der Waals surface area contributed by atoms with Crippen LogP contribution in [0.15, 0.2) is 91.0 Å². The molecule has 5 aromatic rings. The molecule has 0 heterocycles. The van der Waals surface area contributed by atoms with Crippen molar-refractivity contribution in [3.63, 3.8) is 0 Å². The first-order valence-electron chi connectivity index (χ1n) is 13.6. The normalized spacial score (nSPS) is 11.5. The summed E-state index contributed by atoms with van der Waals surface area (Å²) in [5, 5.41) is 6.83. The molecule has 0 saturated carbocycles. The molecule has 0 radical (unpaired) electrons. The molecule has 0 aliphatic carbocycles. The van der Waals surface area contributed by atoms with Crippen LogP contribution in [0.5, 0.6) is 0 Å². The number of hydrogen-bond donors (Lipinski definition) is 0. The minimum absolute atomic E-state index is 0.249. The Labute approximate surface area is 251 Å². The number of rotatable bonds is 1. The summed E-state index contributed by atoms with van der Waals surface area (Å²) in [6, 6.07) is 32.9. The quantitative estimate of drug-likeness (QED) is 0.125. The zero-order valence-corrected chi connectivity index (χ0v) is 29.9. The molecule has 0 N–H and O–H groups in total. The van der Waals surface area contributed by atoms with E-state index in [-0.39, 0.29) is 10.8 Å². The van der Waals surface area contributed by atoms with Gasteiger partial charge in [0.1, 0.15) is 0 Å². The van der Waals surface area contributed by atoms with Gasteiger partial charge in [0.2, 0.25) is 0 Å². The minimum Gasteiger partial charge on any atom is -0.165 e. The zero-order chi connectivity index (χ0) is 29.0. The summed E-state index contributed by atoms with van der Waals surface area (Å²) in [5.41, 5.74) is 5.47. The summed E-state index contributed by atoms with van der Waals surface area (Å²) in [4.78, 5) is 0. The van der Waals surface area contributed by atoms with Crippen LogP contribution >= 0.6 is 17.0 Å². The Balaban J connectivity index is 0.000000163. The molecule has 0 unspecified atom stereocenters. The average molecular weight is 653 g/mol. The van der Waals surface area contributed by atoms with Crippen LogP contribution < -0.4 is 5.19 Å². The molecular weight excluding hydrogens is 611 g/mol. The van der Waals surface area contributed by atoms with Crippen LogP contribution in [0.4, 0.5) is 0 Å². The molecule has 0 nitrogen and oxygen atoms in total. The average Bonchev–Trinajstić information content (AvgIpc) is 3.43. The van der Waals surface area contributed by atoms with Crippen molar-refractivity contribution in [1.29, 1.82) is 0 Å². The molecule has 0 saturated heterocycles. The first-order chi connectivity index (χ1) is 18.1. The van der Waals surface area contributed by atoms with Gasteiger partial charge in [-0.2, -0.15) is 12.1 Å². The van der Waals surface area contributed by atoms with Crippen molar-refractivity contribution in [3.05, 3.63) is 113 Å². The van der Waals surface area contributed by atoms with E-state index in [2.05, 4.69) is 135 Å². The van der Waals surface area contributed by atoms with Gasteiger partial charge in [0.15, 0.2) is 0 Å². The van der Waals surface area contributed by atoms with Crippen molar-refractivity contribution in [3.8, 4) is 0 Å². The van der Waals surface area contributed by atoms with E-state index in [0.717, 1.165) is 0 Å². The topological polar surface area (TPSA) is 0 Å². The number of fused-ring (bicyclic) bond motifs is 2. The summed E-state index contributed by atoms with van der Waals surface area (Å²) < 4.78 is 0. The SMILES string of the molecule is C[Si](c1ccccc1)=[Zr]([Cl])[Cl].Cc1cc2cc(C(C)(C)C)ccc2[cH-]1.Cc1cc2cc(C(C)(C)C)ccc2[cH-]1. The standard InChI is InChI=1S/2C14H17.C7H8Si.2ClH.Zr/c2*1-10-7-11-5-6-13(14(2,3)4)9-12(11)8-10;1-8-7-5-3-2-4-6-7;;;/h2*5-9H,1-4H3;2-6H,1H3;2*1H;/q2*-1;;;;+2/p-2. The van der Waals surface area contributed by atoms with Gasteiger partial charge in [0.05, 0.1) is 0 Å². The summed E-state index contributed by atoms with van der Waals surface area (Å²) in [6.07, 6.45) is 0. The predicted molar refractivity (Wildman–Crippen MR) is 175 cm³/mol. The Morgan fingerprint density at radius 1 is 0.615 bits per heavy atom. The van der Waals surface area contributed by atoms with Crippen molar-refractivity contribution in [2.45, 2.75) is 72.8 Å². The van der Waals surface area contributed by atoms with Crippen LogP contribution in [0.1, 0.15) is 63.8 Å². The van der Waals surface area contributed by atoms with Gasteiger partial charge in [0.25, 0.3) is 0 Å². The Bertz CT molecular complexity index is 1460. The van der Waals surface area contributed by atoms with E-state index in [1.165, 1.54) is 49.0 Å². The number of aryl methyl sites for hydroxylation is 2. The predicted octanol–water partition coefficient (Wildman–Crippen LogP) is 10.8. The number of benzene rings is 3. The maximum Gasteiger partial charge on any atom is -0.0148 e. The maximum atomic E-state index is 5.97. The Morgan fingerprint density at radius 3 is 1.38 bits per heavy atom. The van der Waals surface area contributed by atoms with Gasteiger partial charge in [0, 0.05) is 0 Å².